The van der Waals surface area contributed by atoms with Gasteiger partial charge in [0.25, 0.3) is 0 Å². The zero-order valence-corrected chi connectivity index (χ0v) is 13.8. The van der Waals surface area contributed by atoms with Crippen LogP contribution >= 0.6 is 15.9 Å². The Bertz CT molecular complexity index is 508. The molecule has 0 aliphatic heterocycles. The Morgan fingerprint density at radius 3 is 2.76 bits per heavy atom. The first-order chi connectivity index (χ1) is 10.1. The minimum absolute atomic E-state index is 0.0293. The maximum Gasteiger partial charge on any atom is 0.311 e. The van der Waals surface area contributed by atoms with Gasteiger partial charge >= 0.3 is 5.69 Å². The van der Waals surface area contributed by atoms with Crippen molar-refractivity contribution < 1.29 is 14.4 Å². The second kappa shape index (κ2) is 7.22. The van der Waals surface area contributed by atoms with Gasteiger partial charge in [0.1, 0.15) is 12.2 Å². The van der Waals surface area contributed by atoms with Crippen LogP contribution in [0.1, 0.15) is 32.3 Å². The molecule has 1 saturated carbocycles. The molecule has 1 aromatic carbocycles. The van der Waals surface area contributed by atoms with E-state index in [0.29, 0.717) is 12.4 Å². The van der Waals surface area contributed by atoms with E-state index in [4.69, 9.17) is 9.47 Å². The fourth-order valence-electron chi connectivity index (χ4n) is 2.30. The first-order valence-corrected chi connectivity index (χ1v) is 8.18. The highest BCUT2D eigenvalue weighted by Gasteiger charge is 2.43. The number of halogens is 1. The lowest BCUT2D eigenvalue weighted by atomic mass is 9.91. The standard InChI is InChI=1S/C15H20BrNO4/c1-3-7-20-15-11(16)9-14(15)21-13-6-5-10(4-2)8-12(13)17(18)19/h5-6,8,11,14-15H,3-4,7,9H2,1-2H3. The zero-order valence-electron chi connectivity index (χ0n) is 12.3. The molecule has 0 saturated heterocycles. The molecule has 1 fully saturated rings. The Morgan fingerprint density at radius 1 is 1.43 bits per heavy atom. The van der Waals surface area contributed by atoms with Crippen LogP contribution in [0.3, 0.4) is 0 Å². The molecule has 0 radical (unpaired) electrons. The van der Waals surface area contributed by atoms with Gasteiger partial charge < -0.3 is 9.47 Å². The van der Waals surface area contributed by atoms with Gasteiger partial charge in [0, 0.05) is 23.9 Å². The first kappa shape index (κ1) is 16.2. The van der Waals surface area contributed by atoms with Crippen molar-refractivity contribution in [2.75, 3.05) is 6.61 Å². The molecule has 5 nitrogen and oxygen atoms in total. The molecule has 3 atom stereocenters. The number of nitrogens with zero attached hydrogens (tertiary/aromatic N) is 1. The minimum atomic E-state index is -0.388. The second-order valence-corrected chi connectivity index (χ2v) is 6.33. The van der Waals surface area contributed by atoms with Gasteiger partial charge in [-0.05, 0) is 24.5 Å². The number of rotatable bonds is 7. The predicted molar refractivity (Wildman–Crippen MR) is 84.3 cm³/mol. The molecule has 0 spiro atoms. The van der Waals surface area contributed by atoms with Gasteiger partial charge in [-0.15, -0.1) is 0 Å². The van der Waals surface area contributed by atoms with Crippen LogP contribution in [-0.2, 0) is 11.2 Å². The Labute approximate surface area is 132 Å². The Hall–Kier alpha value is -1.14. The molecule has 0 aromatic heterocycles. The van der Waals surface area contributed by atoms with Crippen LogP contribution in [0.15, 0.2) is 18.2 Å². The third kappa shape index (κ3) is 3.74. The number of benzene rings is 1. The summed E-state index contributed by atoms with van der Waals surface area (Å²) in [6.07, 6.45) is 2.31. The highest BCUT2D eigenvalue weighted by molar-refractivity contribution is 9.09. The summed E-state index contributed by atoms with van der Waals surface area (Å²) in [6.45, 7) is 4.69. The van der Waals surface area contributed by atoms with Crippen LogP contribution in [0.25, 0.3) is 0 Å². The molecule has 6 heteroatoms. The monoisotopic (exact) mass is 357 g/mol. The topological polar surface area (TPSA) is 61.6 Å². The summed E-state index contributed by atoms with van der Waals surface area (Å²) < 4.78 is 11.6. The van der Waals surface area contributed by atoms with Crippen LogP contribution in [-0.4, -0.2) is 28.6 Å². The lowest BCUT2D eigenvalue weighted by molar-refractivity contribution is -0.386. The minimum Gasteiger partial charge on any atom is -0.481 e. The molecule has 0 N–H and O–H groups in total. The summed E-state index contributed by atoms with van der Waals surface area (Å²) in [5.74, 6) is 0.326. The summed E-state index contributed by atoms with van der Waals surface area (Å²) in [5, 5.41) is 11.2. The van der Waals surface area contributed by atoms with Gasteiger partial charge in [-0.3, -0.25) is 10.1 Å². The molecule has 0 bridgehead atoms. The van der Waals surface area contributed by atoms with E-state index in [2.05, 4.69) is 15.9 Å². The average molecular weight is 358 g/mol. The van der Waals surface area contributed by atoms with E-state index in [1.165, 1.54) is 0 Å². The van der Waals surface area contributed by atoms with Crippen molar-refractivity contribution in [3.8, 4) is 5.75 Å². The van der Waals surface area contributed by atoms with Crippen molar-refractivity contribution >= 4 is 21.6 Å². The van der Waals surface area contributed by atoms with Crippen LogP contribution in [0.2, 0.25) is 0 Å². The largest absolute Gasteiger partial charge is 0.481 e. The summed E-state index contributed by atoms with van der Waals surface area (Å²) in [6, 6.07) is 5.14. The van der Waals surface area contributed by atoms with Crippen LogP contribution in [0.5, 0.6) is 5.75 Å². The summed E-state index contributed by atoms with van der Waals surface area (Å²) >= 11 is 3.54. The Morgan fingerprint density at radius 2 is 2.19 bits per heavy atom. The van der Waals surface area contributed by atoms with Crippen molar-refractivity contribution in [2.45, 2.75) is 50.1 Å². The molecular formula is C15H20BrNO4. The Kier molecular flexibility index (Phi) is 5.58. The van der Waals surface area contributed by atoms with Gasteiger partial charge in [-0.25, -0.2) is 0 Å². The number of aryl methyl sites for hydroxylation is 1. The lowest BCUT2D eigenvalue weighted by Gasteiger charge is -2.40. The number of alkyl halides is 1. The van der Waals surface area contributed by atoms with Gasteiger partial charge in [0.15, 0.2) is 5.75 Å². The number of nitro benzene ring substituents is 1. The van der Waals surface area contributed by atoms with Gasteiger partial charge in [0.05, 0.1) is 4.92 Å². The summed E-state index contributed by atoms with van der Waals surface area (Å²) in [7, 11) is 0. The van der Waals surface area contributed by atoms with Gasteiger partial charge in [0.2, 0.25) is 0 Å². The smallest absolute Gasteiger partial charge is 0.311 e. The van der Waals surface area contributed by atoms with Crippen molar-refractivity contribution in [1.29, 1.82) is 0 Å². The molecule has 3 unspecified atom stereocenters. The fourth-order valence-corrected chi connectivity index (χ4v) is 3.16. The third-order valence-electron chi connectivity index (χ3n) is 3.60. The van der Waals surface area contributed by atoms with E-state index < -0.39 is 0 Å². The highest BCUT2D eigenvalue weighted by atomic mass is 79.9. The third-order valence-corrected chi connectivity index (χ3v) is 4.50. The van der Waals surface area contributed by atoms with E-state index in [9.17, 15) is 10.1 Å². The number of ether oxygens (including phenoxy) is 2. The average Bonchev–Trinajstić information content (AvgIpc) is 2.47. The predicted octanol–water partition coefficient (Wildman–Crippen LogP) is 3.87. The summed E-state index contributed by atoms with van der Waals surface area (Å²) in [5.41, 5.74) is 0.960. The maximum atomic E-state index is 11.2. The van der Waals surface area contributed by atoms with Crippen LogP contribution < -0.4 is 4.74 Å². The van der Waals surface area contributed by atoms with Crippen molar-refractivity contribution in [3.05, 3.63) is 33.9 Å². The van der Waals surface area contributed by atoms with Gasteiger partial charge in [-0.1, -0.05) is 35.8 Å². The molecule has 1 aliphatic rings. The first-order valence-electron chi connectivity index (χ1n) is 7.26. The normalized spacial score (nSPS) is 24.4. The number of hydrogen-bond donors (Lipinski definition) is 0. The van der Waals surface area contributed by atoms with Gasteiger partial charge in [-0.2, -0.15) is 0 Å². The number of nitro groups is 1. The molecule has 0 amide bonds. The van der Waals surface area contributed by atoms with E-state index >= 15 is 0 Å². The fraction of sp³-hybridized carbons (Fsp3) is 0.600. The van der Waals surface area contributed by atoms with Crippen molar-refractivity contribution in [2.24, 2.45) is 0 Å². The SMILES string of the molecule is CCCOC1C(Br)CC1Oc1ccc(CC)cc1[N+](=O)[O-]. The Balaban J connectivity index is 2.10. The maximum absolute atomic E-state index is 11.2. The van der Waals surface area contributed by atoms with Crippen LogP contribution in [0.4, 0.5) is 5.69 Å². The van der Waals surface area contributed by atoms with E-state index in [0.717, 1.165) is 24.8 Å². The van der Waals surface area contributed by atoms with Crippen molar-refractivity contribution in [3.63, 3.8) is 0 Å². The van der Waals surface area contributed by atoms with Crippen LogP contribution in [0, 0.1) is 10.1 Å². The van der Waals surface area contributed by atoms with Crippen molar-refractivity contribution in [1.82, 2.24) is 0 Å². The molecule has 116 valence electrons. The quantitative estimate of drug-likeness (QED) is 0.422. The summed E-state index contributed by atoms with van der Waals surface area (Å²) in [4.78, 5) is 11.0. The molecule has 0 heterocycles. The number of hydrogen-bond acceptors (Lipinski definition) is 4. The molecular weight excluding hydrogens is 338 g/mol. The zero-order chi connectivity index (χ0) is 15.4. The lowest BCUT2D eigenvalue weighted by Crippen LogP contribution is -2.52. The molecule has 2 rings (SSSR count). The molecule has 21 heavy (non-hydrogen) atoms. The van der Waals surface area contributed by atoms with E-state index in [1.54, 1.807) is 12.1 Å². The molecule has 1 aromatic rings. The van der Waals surface area contributed by atoms with E-state index in [1.807, 2.05) is 19.9 Å². The second-order valence-electron chi connectivity index (χ2n) is 5.16. The molecule has 1 aliphatic carbocycles. The highest BCUT2D eigenvalue weighted by Crippen LogP contribution is 2.37. The van der Waals surface area contributed by atoms with E-state index in [-0.39, 0.29) is 27.6 Å².